The van der Waals surface area contributed by atoms with Crippen LogP contribution in [0.1, 0.15) is 39.2 Å². The molecule has 114 valence electrons. The highest BCUT2D eigenvalue weighted by Gasteiger charge is 2.16. The van der Waals surface area contributed by atoms with E-state index in [1.54, 1.807) is 7.11 Å². The number of methoxy groups -OCH3 is 1. The summed E-state index contributed by atoms with van der Waals surface area (Å²) in [7, 11) is 1.73. The minimum Gasteiger partial charge on any atom is -0.493 e. The van der Waals surface area contributed by atoms with E-state index < -0.39 is 0 Å². The fourth-order valence-electron chi connectivity index (χ4n) is 1.69. The highest BCUT2D eigenvalue weighted by atomic mass is 79.9. The molecule has 4 heteroatoms. The zero-order chi connectivity index (χ0) is 15.0. The lowest BCUT2D eigenvalue weighted by Gasteiger charge is -2.22. The Kier molecular flexibility index (Phi) is 7.56. The van der Waals surface area contributed by atoms with Crippen molar-refractivity contribution in [3.63, 3.8) is 0 Å². The van der Waals surface area contributed by atoms with Gasteiger partial charge >= 0.3 is 0 Å². The van der Waals surface area contributed by atoms with Crippen molar-refractivity contribution in [1.82, 2.24) is 5.32 Å². The second kappa shape index (κ2) is 8.65. The Morgan fingerprint density at radius 1 is 1.30 bits per heavy atom. The molecule has 0 spiro atoms. The van der Waals surface area contributed by atoms with E-state index in [9.17, 15) is 0 Å². The first kappa shape index (κ1) is 17.5. The van der Waals surface area contributed by atoms with Crippen LogP contribution in [0.3, 0.4) is 0 Å². The first-order valence-electron chi connectivity index (χ1n) is 7.15. The molecule has 0 aromatic heterocycles. The summed E-state index contributed by atoms with van der Waals surface area (Å²) in [5.41, 5.74) is 1.09. The predicted molar refractivity (Wildman–Crippen MR) is 87.3 cm³/mol. The monoisotopic (exact) mass is 343 g/mol. The summed E-state index contributed by atoms with van der Waals surface area (Å²) in [4.78, 5) is 0. The summed E-state index contributed by atoms with van der Waals surface area (Å²) in [6.45, 7) is 8.84. The molecule has 0 saturated heterocycles. The van der Waals surface area contributed by atoms with Crippen molar-refractivity contribution in [2.45, 2.75) is 45.8 Å². The molecule has 0 bridgehead atoms. The first-order valence-corrected chi connectivity index (χ1v) is 7.95. The molecule has 0 unspecified atom stereocenters. The number of benzene rings is 1. The lowest BCUT2D eigenvalue weighted by molar-refractivity contribution is 0.00545. The molecular weight excluding hydrogens is 318 g/mol. The van der Waals surface area contributed by atoms with Gasteiger partial charge in [0.2, 0.25) is 0 Å². The highest BCUT2D eigenvalue weighted by Crippen LogP contribution is 2.23. The number of halogens is 1. The van der Waals surface area contributed by atoms with E-state index in [2.05, 4.69) is 48.1 Å². The van der Waals surface area contributed by atoms with Gasteiger partial charge in [-0.05, 0) is 50.6 Å². The van der Waals surface area contributed by atoms with E-state index in [1.165, 1.54) is 5.56 Å². The first-order chi connectivity index (χ1) is 9.48. The molecule has 0 aliphatic heterocycles. The van der Waals surface area contributed by atoms with Gasteiger partial charge in [0.05, 0.1) is 12.2 Å². The standard InChI is InChI=1S/C16H26BrNO2/c1-5-9-18-12-13-11-14(6-7-15(13)17)20-10-8-16(2,3)19-4/h6-7,11,18H,5,8-10,12H2,1-4H3. The van der Waals surface area contributed by atoms with Crippen LogP contribution in [0.25, 0.3) is 0 Å². The molecule has 1 aromatic carbocycles. The van der Waals surface area contributed by atoms with Gasteiger partial charge in [0.1, 0.15) is 5.75 Å². The molecule has 1 N–H and O–H groups in total. The molecule has 0 aliphatic rings. The van der Waals surface area contributed by atoms with Gasteiger partial charge in [-0.25, -0.2) is 0 Å². The van der Waals surface area contributed by atoms with E-state index in [-0.39, 0.29) is 5.60 Å². The number of rotatable bonds is 9. The molecule has 0 heterocycles. The Morgan fingerprint density at radius 3 is 2.70 bits per heavy atom. The van der Waals surface area contributed by atoms with Crippen LogP contribution in [0.5, 0.6) is 5.75 Å². The molecule has 0 amide bonds. The fourth-order valence-corrected chi connectivity index (χ4v) is 2.08. The van der Waals surface area contributed by atoms with Crippen LogP contribution in [0.4, 0.5) is 0 Å². The van der Waals surface area contributed by atoms with Crippen molar-refractivity contribution >= 4 is 15.9 Å². The van der Waals surface area contributed by atoms with E-state index in [0.29, 0.717) is 6.61 Å². The van der Waals surface area contributed by atoms with Crippen LogP contribution in [0, 0.1) is 0 Å². The van der Waals surface area contributed by atoms with Gasteiger partial charge in [0.25, 0.3) is 0 Å². The smallest absolute Gasteiger partial charge is 0.119 e. The highest BCUT2D eigenvalue weighted by molar-refractivity contribution is 9.10. The third-order valence-electron chi connectivity index (χ3n) is 3.28. The van der Waals surface area contributed by atoms with Crippen LogP contribution in [0.2, 0.25) is 0 Å². The normalized spacial score (nSPS) is 11.7. The minimum absolute atomic E-state index is 0.138. The lowest BCUT2D eigenvalue weighted by atomic mass is 10.1. The van der Waals surface area contributed by atoms with E-state index >= 15 is 0 Å². The summed E-state index contributed by atoms with van der Waals surface area (Å²) in [5.74, 6) is 0.911. The molecule has 0 radical (unpaired) electrons. The Bertz CT molecular complexity index is 407. The van der Waals surface area contributed by atoms with Gasteiger partial charge in [-0.1, -0.05) is 22.9 Å². The Labute approximate surface area is 131 Å². The van der Waals surface area contributed by atoms with Crippen molar-refractivity contribution in [3.05, 3.63) is 28.2 Å². The van der Waals surface area contributed by atoms with Gasteiger partial charge in [-0.15, -0.1) is 0 Å². The van der Waals surface area contributed by atoms with E-state index in [4.69, 9.17) is 9.47 Å². The maximum Gasteiger partial charge on any atom is 0.119 e. The molecular formula is C16H26BrNO2. The van der Waals surface area contributed by atoms with Gasteiger partial charge in [0.15, 0.2) is 0 Å². The van der Waals surface area contributed by atoms with Crippen LogP contribution in [-0.2, 0) is 11.3 Å². The van der Waals surface area contributed by atoms with Crippen molar-refractivity contribution in [2.75, 3.05) is 20.3 Å². The minimum atomic E-state index is -0.138. The van der Waals surface area contributed by atoms with Crippen molar-refractivity contribution in [3.8, 4) is 5.75 Å². The number of hydrogen-bond donors (Lipinski definition) is 1. The molecule has 0 saturated carbocycles. The summed E-state index contributed by atoms with van der Waals surface area (Å²) in [6, 6.07) is 6.12. The predicted octanol–water partition coefficient (Wildman–Crippen LogP) is 4.14. The zero-order valence-electron chi connectivity index (χ0n) is 13.0. The fraction of sp³-hybridized carbons (Fsp3) is 0.625. The third-order valence-corrected chi connectivity index (χ3v) is 4.06. The quantitative estimate of drug-likeness (QED) is 0.683. The molecule has 0 aliphatic carbocycles. The largest absolute Gasteiger partial charge is 0.493 e. The topological polar surface area (TPSA) is 30.5 Å². The molecule has 0 fully saturated rings. The molecule has 0 atom stereocenters. The van der Waals surface area contributed by atoms with Crippen molar-refractivity contribution < 1.29 is 9.47 Å². The van der Waals surface area contributed by atoms with Crippen molar-refractivity contribution in [1.29, 1.82) is 0 Å². The molecule has 20 heavy (non-hydrogen) atoms. The number of hydrogen-bond acceptors (Lipinski definition) is 3. The molecule has 1 aromatic rings. The maximum absolute atomic E-state index is 5.82. The van der Waals surface area contributed by atoms with Gasteiger partial charge in [0, 0.05) is 24.5 Å². The Hall–Kier alpha value is -0.580. The number of ether oxygens (including phenoxy) is 2. The van der Waals surface area contributed by atoms with Crippen molar-refractivity contribution in [2.24, 2.45) is 0 Å². The average molecular weight is 344 g/mol. The SMILES string of the molecule is CCCNCc1cc(OCCC(C)(C)OC)ccc1Br. The lowest BCUT2D eigenvalue weighted by Crippen LogP contribution is -2.25. The summed E-state index contributed by atoms with van der Waals surface area (Å²) in [6.07, 6.45) is 2.00. The molecule has 1 rings (SSSR count). The Morgan fingerprint density at radius 2 is 2.05 bits per heavy atom. The summed E-state index contributed by atoms with van der Waals surface area (Å²) in [5, 5.41) is 3.40. The second-order valence-corrected chi connectivity index (χ2v) is 6.35. The average Bonchev–Trinajstić information content (AvgIpc) is 2.42. The van der Waals surface area contributed by atoms with Gasteiger partial charge in [-0.3, -0.25) is 0 Å². The Balaban J connectivity index is 2.52. The van der Waals surface area contributed by atoms with Crippen LogP contribution in [0.15, 0.2) is 22.7 Å². The zero-order valence-corrected chi connectivity index (χ0v) is 14.5. The van der Waals surface area contributed by atoms with E-state index in [1.807, 2.05) is 12.1 Å². The van der Waals surface area contributed by atoms with Gasteiger partial charge in [-0.2, -0.15) is 0 Å². The van der Waals surface area contributed by atoms with Gasteiger partial charge < -0.3 is 14.8 Å². The molecule has 3 nitrogen and oxygen atoms in total. The number of nitrogens with one attached hydrogen (secondary N) is 1. The summed E-state index contributed by atoms with van der Waals surface area (Å²) < 4.78 is 12.3. The van der Waals surface area contributed by atoms with Crippen LogP contribution >= 0.6 is 15.9 Å². The van der Waals surface area contributed by atoms with Crippen LogP contribution < -0.4 is 10.1 Å². The second-order valence-electron chi connectivity index (χ2n) is 5.49. The van der Waals surface area contributed by atoms with E-state index in [0.717, 1.165) is 36.2 Å². The maximum atomic E-state index is 5.82. The third kappa shape index (κ3) is 6.25. The summed E-state index contributed by atoms with van der Waals surface area (Å²) >= 11 is 3.58. The van der Waals surface area contributed by atoms with Crippen LogP contribution in [-0.4, -0.2) is 25.9 Å².